The molecule has 0 spiro atoms. The van der Waals surface area contributed by atoms with Gasteiger partial charge in [-0.15, -0.1) is 0 Å². The fourth-order valence-corrected chi connectivity index (χ4v) is 1.97. The number of rotatable bonds is 3. The van der Waals surface area contributed by atoms with Gasteiger partial charge in [0, 0.05) is 4.47 Å². The van der Waals surface area contributed by atoms with E-state index in [2.05, 4.69) is 41.1 Å². The zero-order chi connectivity index (χ0) is 9.84. The van der Waals surface area contributed by atoms with Crippen molar-refractivity contribution in [2.24, 2.45) is 0 Å². The van der Waals surface area contributed by atoms with E-state index in [-0.39, 0.29) is 6.10 Å². The van der Waals surface area contributed by atoms with Gasteiger partial charge in [-0.05, 0) is 43.0 Å². The van der Waals surface area contributed by atoms with E-state index >= 15 is 0 Å². The lowest BCUT2D eigenvalue weighted by Crippen LogP contribution is -2.04. The van der Waals surface area contributed by atoms with Crippen LogP contribution in [0.2, 0.25) is 0 Å². The summed E-state index contributed by atoms with van der Waals surface area (Å²) in [6, 6.07) is 6.33. The molecule has 0 aliphatic rings. The Balaban J connectivity index is 2.88. The predicted molar refractivity (Wildman–Crippen MR) is 58.9 cm³/mol. The lowest BCUT2D eigenvalue weighted by molar-refractivity contribution is 0.195. The third-order valence-corrected chi connectivity index (χ3v) is 2.41. The molecule has 1 N–H and O–H groups in total. The van der Waals surface area contributed by atoms with Gasteiger partial charge >= 0.3 is 0 Å². The maximum Gasteiger partial charge on any atom is 0.0552 e. The number of aryl methyl sites for hydroxylation is 1. The molecule has 0 radical (unpaired) electrons. The van der Waals surface area contributed by atoms with Gasteiger partial charge in [0.1, 0.15) is 0 Å². The van der Waals surface area contributed by atoms with E-state index < -0.39 is 0 Å². The summed E-state index contributed by atoms with van der Waals surface area (Å²) in [5.74, 6) is 0. The first-order chi connectivity index (χ1) is 6.11. The summed E-state index contributed by atoms with van der Waals surface area (Å²) in [5.41, 5.74) is 2.51. The van der Waals surface area contributed by atoms with Crippen LogP contribution >= 0.6 is 15.9 Å². The quantitative estimate of drug-likeness (QED) is 0.865. The smallest absolute Gasteiger partial charge is 0.0552 e. The van der Waals surface area contributed by atoms with E-state index in [1.165, 1.54) is 11.1 Å². The number of hydrogen-bond acceptors (Lipinski definition) is 1. The Labute approximate surface area is 87.9 Å². The fourth-order valence-electron chi connectivity index (χ4n) is 1.38. The molecule has 0 saturated carbocycles. The summed E-state index contributed by atoms with van der Waals surface area (Å²) in [4.78, 5) is 0. The maximum atomic E-state index is 9.24. The fraction of sp³-hybridized carbons (Fsp3) is 0.455. The van der Waals surface area contributed by atoms with E-state index in [0.717, 1.165) is 17.3 Å². The molecule has 1 aromatic rings. The van der Waals surface area contributed by atoms with E-state index in [1.807, 2.05) is 6.92 Å². The van der Waals surface area contributed by atoms with Crippen LogP contribution in [0.4, 0.5) is 0 Å². The molecule has 2 heteroatoms. The van der Waals surface area contributed by atoms with Gasteiger partial charge in [0.05, 0.1) is 6.10 Å². The Hall–Kier alpha value is -0.340. The van der Waals surface area contributed by atoms with Gasteiger partial charge in [-0.25, -0.2) is 0 Å². The molecule has 13 heavy (non-hydrogen) atoms. The first kappa shape index (κ1) is 10.7. The minimum absolute atomic E-state index is 0.265. The maximum absolute atomic E-state index is 9.24. The summed E-state index contributed by atoms with van der Waals surface area (Å²) >= 11 is 3.46. The molecule has 1 nitrogen and oxygen atoms in total. The molecule has 0 bridgehead atoms. The SMILES string of the molecule is CCc1cc(Br)cc(CC(C)O)c1. The third-order valence-electron chi connectivity index (χ3n) is 1.96. The Morgan fingerprint density at radius 3 is 2.46 bits per heavy atom. The molecule has 1 aromatic carbocycles. The number of halogens is 1. The van der Waals surface area contributed by atoms with Gasteiger partial charge in [0.15, 0.2) is 0 Å². The highest BCUT2D eigenvalue weighted by atomic mass is 79.9. The molecular weight excluding hydrogens is 228 g/mol. The molecule has 0 heterocycles. The number of aliphatic hydroxyl groups is 1. The molecule has 1 atom stereocenters. The highest BCUT2D eigenvalue weighted by Gasteiger charge is 2.01. The van der Waals surface area contributed by atoms with E-state index in [1.54, 1.807) is 0 Å². The molecule has 72 valence electrons. The number of benzene rings is 1. The van der Waals surface area contributed by atoms with Gasteiger partial charge < -0.3 is 5.11 Å². The van der Waals surface area contributed by atoms with Crippen LogP contribution in [-0.2, 0) is 12.8 Å². The van der Waals surface area contributed by atoms with Crippen molar-refractivity contribution in [1.82, 2.24) is 0 Å². The molecule has 0 fully saturated rings. The Morgan fingerprint density at radius 2 is 1.92 bits per heavy atom. The molecular formula is C11H15BrO. The van der Waals surface area contributed by atoms with Crippen LogP contribution < -0.4 is 0 Å². The van der Waals surface area contributed by atoms with Gasteiger partial charge in [0.2, 0.25) is 0 Å². The summed E-state index contributed by atoms with van der Waals surface area (Å²) in [6.45, 7) is 3.94. The van der Waals surface area contributed by atoms with Crippen LogP contribution in [0, 0.1) is 0 Å². The average Bonchev–Trinajstić information content (AvgIpc) is 2.01. The molecule has 1 rings (SSSR count). The molecule has 0 saturated heterocycles. The van der Waals surface area contributed by atoms with Crippen molar-refractivity contribution in [1.29, 1.82) is 0 Å². The molecule has 0 amide bonds. The normalized spacial score (nSPS) is 12.9. The number of aliphatic hydroxyl groups excluding tert-OH is 1. The van der Waals surface area contributed by atoms with Gasteiger partial charge in [-0.3, -0.25) is 0 Å². The molecule has 0 aliphatic heterocycles. The van der Waals surface area contributed by atoms with Crippen LogP contribution in [0.3, 0.4) is 0 Å². The second-order valence-electron chi connectivity index (χ2n) is 3.37. The Kier molecular flexibility index (Phi) is 3.94. The zero-order valence-electron chi connectivity index (χ0n) is 8.05. The second kappa shape index (κ2) is 4.77. The average molecular weight is 243 g/mol. The van der Waals surface area contributed by atoms with Crippen molar-refractivity contribution < 1.29 is 5.11 Å². The van der Waals surface area contributed by atoms with Gasteiger partial charge in [0.25, 0.3) is 0 Å². The van der Waals surface area contributed by atoms with Crippen LogP contribution in [0.15, 0.2) is 22.7 Å². The molecule has 0 aromatic heterocycles. The first-order valence-corrected chi connectivity index (χ1v) is 5.37. The highest BCUT2D eigenvalue weighted by molar-refractivity contribution is 9.10. The predicted octanol–water partition coefficient (Wildman–Crippen LogP) is 2.93. The minimum atomic E-state index is -0.265. The van der Waals surface area contributed by atoms with Crippen molar-refractivity contribution in [2.45, 2.75) is 32.8 Å². The van der Waals surface area contributed by atoms with E-state index in [9.17, 15) is 5.11 Å². The van der Waals surface area contributed by atoms with Crippen molar-refractivity contribution in [3.63, 3.8) is 0 Å². The van der Waals surface area contributed by atoms with Crippen molar-refractivity contribution in [2.75, 3.05) is 0 Å². The summed E-state index contributed by atoms with van der Waals surface area (Å²) in [7, 11) is 0. The standard InChI is InChI=1S/C11H15BrO/c1-3-9-5-10(4-8(2)13)7-11(12)6-9/h5-8,13H,3-4H2,1-2H3. The zero-order valence-corrected chi connectivity index (χ0v) is 9.63. The van der Waals surface area contributed by atoms with Gasteiger partial charge in [-0.1, -0.05) is 28.9 Å². The monoisotopic (exact) mass is 242 g/mol. The Morgan fingerprint density at radius 1 is 1.31 bits per heavy atom. The molecule has 1 unspecified atom stereocenters. The summed E-state index contributed by atoms with van der Waals surface area (Å²) in [6.07, 6.45) is 1.50. The van der Waals surface area contributed by atoms with Crippen molar-refractivity contribution >= 4 is 15.9 Å². The minimum Gasteiger partial charge on any atom is -0.393 e. The van der Waals surface area contributed by atoms with Crippen molar-refractivity contribution in [3.8, 4) is 0 Å². The van der Waals surface area contributed by atoms with Crippen LogP contribution in [0.25, 0.3) is 0 Å². The Bertz CT molecular complexity index is 281. The number of hydrogen-bond donors (Lipinski definition) is 1. The summed E-state index contributed by atoms with van der Waals surface area (Å²) in [5, 5.41) is 9.24. The van der Waals surface area contributed by atoms with Crippen molar-refractivity contribution in [3.05, 3.63) is 33.8 Å². The van der Waals surface area contributed by atoms with Crippen LogP contribution in [0.5, 0.6) is 0 Å². The topological polar surface area (TPSA) is 20.2 Å². The van der Waals surface area contributed by atoms with E-state index in [4.69, 9.17) is 0 Å². The summed E-state index contributed by atoms with van der Waals surface area (Å²) < 4.78 is 1.10. The van der Waals surface area contributed by atoms with Gasteiger partial charge in [-0.2, -0.15) is 0 Å². The van der Waals surface area contributed by atoms with E-state index in [0.29, 0.717) is 0 Å². The first-order valence-electron chi connectivity index (χ1n) is 4.58. The second-order valence-corrected chi connectivity index (χ2v) is 4.29. The highest BCUT2D eigenvalue weighted by Crippen LogP contribution is 2.17. The lowest BCUT2D eigenvalue weighted by atomic mass is 10.0. The molecule has 0 aliphatic carbocycles. The lowest BCUT2D eigenvalue weighted by Gasteiger charge is -2.07. The van der Waals surface area contributed by atoms with Crippen LogP contribution in [-0.4, -0.2) is 11.2 Å². The third kappa shape index (κ3) is 3.49. The largest absolute Gasteiger partial charge is 0.393 e. The van der Waals surface area contributed by atoms with Crippen LogP contribution in [0.1, 0.15) is 25.0 Å².